The van der Waals surface area contributed by atoms with Crippen LogP contribution in [0.4, 0.5) is 4.79 Å². The SMILES string of the molecule is CCOC(=O)NNC(=O)[C@@H](N=C1NS(=O)(=O)c2ccccc21)C(C)C. The Labute approximate surface area is 145 Å². The second-order valence-corrected chi connectivity index (χ2v) is 7.25. The maximum atomic E-state index is 12.3. The summed E-state index contributed by atoms with van der Waals surface area (Å²) in [4.78, 5) is 27.9. The molecule has 0 saturated carbocycles. The Morgan fingerprint density at radius 2 is 1.92 bits per heavy atom. The molecule has 0 bridgehead atoms. The molecule has 1 heterocycles. The van der Waals surface area contributed by atoms with Crippen LogP contribution >= 0.6 is 0 Å². The molecule has 1 aliphatic heterocycles. The third kappa shape index (κ3) is 4.27. The van der Waals surface area contributed by atoms with Gasteiger partial charge in [-0.25, -0.2) is 18.6 Å². The Kier molecular flexibility index (Phi) is 5.62. The van der Waals surface area contributed by atoms with E-state index >= 15 is 0 Å². The smallest absolute Gasteiger partial charge is 0.426 e. The maximum absolute atomic E-state index is 12.3. The van der Waals surface area contributed by atoms with E-state index in [0.717, 1.165) is 0 Å². The van der Waals surface area contributed by atoms with Gasteiger partial charge in [-0.1, -0.05) is 26.0 Å². The molecule has 2 rings (SSSR count). The summed E-state index contributed by atoms with van der Waals surface area (Å²) in [5.74, 6) is -0.728. The van der Waals surface area contributed by atoms with Crippen LogP contribution in [0.5, 0.6) is 0 Å². The van der Waals surface area contributed by atoms with Crippen LogP contribution in [0.1, 0.15) is 26.3 Å². The molecule has 10 heteroatoms. The molecule has 1 aromatic rings. The molecule has 0 aromatic heterocycles. The highest BCUT2D eigenvalue weighted by Gasteiger charge is 2.32. The van der Waals surface area contributed by atoms with Gasteiger partial charge in [0.25, 0.3) is 15.9 Å². The summed E-state index contributed by atoms with van der Waals surface area (Å²) in [6.07, 6.45) is -0.794. The number of benzene rings is 1. The number of aliphatic imine (C=N–C) groups is 1. The molecule has 0 aliphatic carbocycles. The van der Waals surface area contributed by atoms with Crippen molar-refractivity contribution >= 4 is 27.9 Å². The summed E-state index contributed by atoms with van der Waals surface area (Å²) < 4.78 is 31.2. The number of nitrogens with one attached hydrogen (secondary N) is 3. The van der Waals surface area contributed by atoms with Gasteiger partial charge < -0.3 is 4.74 Å². The molecule has 1 aromatic carbocycles. The minimum atomic E-state index is -3.69. The zero-order valence-electron chi connectivity index (χ0n) is 14.1. The number of sulfonamides is 1. The van der Waals surface area contributed by atoms with Gasteiger partial charge in [-0.3, -0.25) is 19.9 Å². The largest absolute Gasteiger partial charge is 0.449 e. The third-order valence-electron chi connectivity index (χ3n) is 3.39. The van der Waals surface area contributed by atoms with Gasteiger partial charge in [0.1, 0.15) is 11.9 Å². The number of fused-ring (bicyclic) bond motifs is 1. The summed E-state index contributed by atoms with van der Waals surface area (Å²) in [6.45, 7) is 5.31. The standard InChI is InChI=1S/C15H20N4O5S/c1-4-24-15(21)18-17-14(20)12(9(2)3)16-13-10-7-5-6-8-11(10)25(22,23)19-13/h5-9,12H,4H2,1-3H3,(H,16,19)(H,17,20)(H,18,21)/t12-/m0/s1. The fourth-order valence-electron chi connectivity index (χ4n) is 2.23. The van der Waals surface area contributed by atoms with Gasteiger partial charge in [0.2, 0.25) is 0 Å². The van der Waals surface area contributed by atoms with Gasteiger partial charge in [0.05, 0.1) is 11.5 Å². The number of ether oxygens (including phenoxy) is 1. The summed E-state index contributed by atoms with van der Waals surface area (Å²) >= 11 is 0. The van der Waals surface area contributed by atoms with Gasteiger partial charge in [0, 0.05) is 5.56 Å². The van der Waals surface area contributed by atoms with Crippen molar-refractivity contribution in [2.75, 3.05) is 6.61 Å². The highest BCUT2D eigenvalue weighted by Crippen LogP contribution is 2.23. The average molecular weight is 368 g/mol. The van der Waals surface area contributed by atoms with Crippen LogP contribution in [0.2, 0.25) is 0 Å². The third-order valence-corrected chi connectivity index (χ3v) is 4.79. The molecule has 0 saturated heterocycles. The van der Waals surface area contributed by atoms with Crippen molar-refractivity contribution in [3.8, 4) is 0 Å². The van der Waals surface area contributed by atoms with Gasteiger partial charge >= 0.3 is 6.09 Å². The van der Waals surface area contributed by atoms with E-state index in [9.17, 15) is 18.0 Å². The minimum Gasteiger partial charge on any atom is -0.449 e. The fourth-order valence-corrected chi connectivity index (χ4v) is 3.47. The van der Waals surface area contributed by atoms with Crippen molar-refractivity contribution in [1.82, 2.24) is 15.6 Å². The van der Waals surface area contributed by atoms with Crippen LogP contribution in [0.25, 0.3) is 0 Å². The molecule has 1 aliphatic rings. The zero-order valence-corrected chi connectivity index (χ0v) is 14.9. The summed E-state index contributed by atoms with van der Waals surface area (Å²) in [5, 5.41) is 0. The van der Waals surface area contributed by atoms with Crippen molar-refractivity contribution in [3.63, 3.8) is 0 Å². The van der Waals surface area contributed by atoms with Crippen molar-refractivity contribution in [2.24, 2.45) is 10.9 Å². The van der Waals surface area contributed by atoms with Crippen LogP contribution in [0.3, 0.4) is 0 Å². The number of hydrogen-bond acceptors (Lipinski definition) is 6. The maximum Gasteiger partial charge on any atom is 0.426 e. The first-order valence-electron chi connectivity index (χ1n) is 7.69. The number of carbonyl (C=O) groups is 2. The summed E-state index contributed by atoms with van der Waals surface area (Å²) in [6, 6.07) is 5.46. The second-order valence-electron chi connectivity index (χ2n) is 5.60. The highest BCUT2D eigenvalue weighted by atomic mass is 32.2. The molecule has 2 amide bonds. The van der Waals surface area contributed by atoms with E-state index in [1.807, 2.05) is 0 Å². The molecule has 3 N–H and O–H groups in total. The lowest BCUT2D eigenvalue weighted by atomic mass is 10.0. The fraction of sp³-hybridized carbons (Fsp3) is 0.400. The predicted molar refractivity (Wildman–Crippen MR) is 90.2 cm³/mol. The zero-order chi connectivity index (χ0) is 18.6. The normalized spacial score (nSPS) is 17.5. The van der Waals surface area contributed by atoms with Crippen molar-refractivity contribution in [3.05, 3.63) is 29.8 Å². The Bertz CT molecular complexity index is 804. The number of nitrogens with zero attached hydrogens (tertiary/aromatic N) is 1. The molecule has 0 fully saturated rings. The summed E-state index contributed by atoms with van der Waals surface area (Å²) in [5.41, 5.74) is 4.73. The van der Waals surface area contributed by atoms with E-state index in [-0.39, 0.29) is 23.3 Å². The highest BCUT2D eigenvalue weighted by molar-refractivity contribution is 7.90. The number of hydrazine groups is 1. The van der Waals surface area contributed by atoms with Gasteiger partial charge in [-0.15, -0.1) is 0 Å². The van der Waals surface area contributed by atoms with Crippen molar-refractivity contribution in [1.29, 1.82) is 0 Å². The number of carbonyl (C=O) groups excluding carboxylic acids is 2. The van der Waals surface area contributed by atoms with E-state index in [0.29, 0.717) is 5.56 Å². The Morgan fingerprint density at radius 1 is 1.24 bits per heavy atom. The predicted octanol–water partition coefficient (Wildman–Crippen LogP) is 0.527. The average Bonchev–Trinajstić information content (AvgIpc) is 2.81. The number of amidine groups is 1. The van der Waals surface area contributed by atoms with Crippen LogP contribution in [-0.4, -0.2) is 38.9 Å². The number of hydrogen-bond donors (Lipinski definition) is 3. The monoisotopic (exact) mass is 368 g/mol. The van der Waals surface area contributed by atoms with Crippen LogP contribution in [0, 0.1) is 5.92 Å². The molecule has 9 nitrogen and oxygen atoms in total. The lowest BCUT2D eigenvalue weighted by molar-refractivity contribution is -0.124. The first-order chi connectivity index (χ1) is 11.8. The van der Waals surface area contributed by atoms with Crippen LogP contribution in [0.15, 0.2) is 34.2 Å². The molecular formula is C15H20N4O5S. The quantitative estimate of drug-likeness (QED) is 0.668. The number of rotatable bonds is 4. The Hall–Kier alpha value is -2.62. The Balaban J connectivity index is 2.23. The molecular weight excluding hydrogens is 348 g/mol. The van der Waals surface area contributed by atoms with Crippen LogP contribution < -0.4 is 15.6 Å². The van der Waals surface area contributed by atoms with E-state index in [2.05, 4.69) is 25.3 Å². The lowest BCUT2D eigenvalue weighted by Crippen LogP contribution is -2.48. The van der Waals surface area contributed by atoms with Crippen molar-refractivity contribution < 1.29 is 22.7 Å². The number of amides is 2. The lowest BCUT2D eigenvalue weighted by Gasteiger charge is -2.17. The minimum absolute atomic E-state index is 0.0978. The molecule has 0 spiro atoms. The van der Waals surface area contributed by atoms with Gasteiger partial charge in [0.15, 0.2) is 0 Å². The molecule has 0 unspecified atom stereocenters. The van der Waals surface area contributed by atoms with Crippen molar-refractivity contribution in [2.45, 2.75) is 31.7 Å². The van der Waals surface area contributed by atoms with E-state index in [4.69, 9.17) is 0 Å². The summed E-state index contributed by atoms with van der Waals surface area (Å²) in [7, 11) is -3.69. The molecule has 136 valence electrons. The molecule has 25 heavy (non-hydrogen) atoms. The molecule has 0 radical (unpaired) electrons. The Morgan fingerprint density at radius 3 is 2.56 bits per heavy atom. The van der Waals surface area contributed by atoms with Gasteiger partial charge in [-0.05, 0) is 25.0 Å². The van der Waals surface area contributed by atoms with Gasteiger partial charge in [-0.2, -0.15) is 0 Å². The second kappa shape index (κ2) is 7.51. The first-order valence-corrected chi connectivity index (χ1v) is 9.17. The first kappa shape index (κ1) is 18.7. The van der Waals surface area contributed by atoms with E-state index in [1.165, 1.54) is 6.07 Å². The van der Waals surface area contributed by atoms with Crippen LogP contribution in [-0.2, 0) is 19.6 Å². The molecule has 1 atom stereocenters. The van der Waals surface area contributed by atoms with E-state index in [1.54, 1.807) is 39.0 Å². The van der Waals surface area contributed by atoms with E-state index < -0.39 is 28.1 Å². The topological polar surface area (TPSA) is 126 Å².